The van der Waals surface area contributed by atoms with Gasteiger partial charge in [0.15, 0.2) is 0 Å². The first-order chi connectivity index (χ1) is 16.2. The van der Waals surface area contributed by atoms with Crippen LogP contribution in [0.5, 0.6) is 11.5 Å². The van der Waals surface area contributed by atoms with E-state index in [1.54, 1.807) is 6.07 Å². The van der Waals surface area contributed by atoms with Gasteiger partial charge in [-0.2, -0.15) is 13.2 Å². The van der Waals surface area contributed by atoms with E-state index in [1.165, 1.54) is 12.3 Å². The van der Waals surface area contributed by atoms with E-state index in [2.05, 4.69) is 9.88 Å². The first-order valence-corrected chi connectivity index (χ1v) is 11.6. The van der Waals surface area contributed by atoms with Crippen molar-refractivity contribution in [3.63, 3.8) is 0 Å². The van der Waals surface area contributed by atoms with Crippen molar-refractivity contribution in [3.8, 4) is 11.5 Å². The summed E-state index contributed by atoms with van der Waals surface area (Å²) in [5.74, 6) is 1.30. The highest BCUT2D eigenvalue weighted by Crippen LogP contribution is 2.42. The molecular formula is C25H24ClF3N2O3. The Balaban J connectivity index is 1.15. The van der Waals surface area contributed by atoms with E-state index >= 15 is 0 Å². The van der Waals surface area contributed by atoms with Crippen molar-refractivity contribution in [2.45, 2.75) is 37.1 Å². The van der Waals surface area contributed by atoms with Crippen molar-refractivity contribution < 1.29 is 27.8 Å². The SMILES string of the molecule is OC(COc1ccnc2cc(C(F)(F)F)ccc12)CN1CCC2(CC1)Cc1cc(Cl)ccc1O2. The second kappa shape index (κ2) is 8.91. The lowest BCUT2D eigenvalue weighted by Gasteiger charge is -2.39. The monoisotopic (exact) mass is 492 g/mol. The maximum atomic E-state index is 13.0. The fraction of sp³-hybridized carbons (Fsp3) is 0.400. The Morgan fingerprint density at radius 2 is 1.94 bits per heavy atom. The number of piperidine rings is 1. The van der Waals surface area contributed by atoms with E-state index < -0.39 is 17.8 Å². The van der Waals surface area contributed by atoms with Crippen LogP contribution in [0.15, 0.2) is 48.7 Å². The second-order valence-electron chi connectivity index (χ2n) is 9.02. The number of β-amino-alcohol motifs (C(OH)–C–C–N with tert-alkyl or cyclic N) is 1. The highest BCUT2D eigenvalue weighted by molar-refractivity contribution is 6.30. The molecule has 9 heteroatoms. The Morgan fingerprint density at radius 1 is 1.15 bits per heavy atom. The summed E-state index contributed by atoms with van der Waals surface area (Å²) in [6.45, 7) is 2.05. The quantitative estimate of drug-likeness (QED) is 0.536. The van der Waals surface area contributed by atoms with Crippen molar-refractivity contribution >= 4 is 22.5 Å². The molecule has 1 aromatic heterocycles. The molecule has 1 atom stereocenters. The van der Waals surface area contributed by atoms with E-state index in [4.69, 9.17) is 21.1 Å². The number of alkyl halides is 3. The van der Waals surface area contributed by atoms with Gasteiger partial charge in [-0.25, -0.2) is 0 Å². The van der Waals surface area contributed by atoms with Gasteiger partial charge in [-0.15, -0.1) is 0 Å². The first-order valence-electron chi connectivity index (χ1n) is 11.2. The lowest BCUT2D eigenvalue weighted by atomic mass is 9.87. The highest BCUT2D eigenvalue weighted by atomic mass is 35.5. The van der Waals surface area contributed by atoms with E-state index in [-0.39, 0.29) is 17.7 Å². The van der Waals surface area contributed by atoms with Crippen LogP contribution in [-0.2, 0) is 12.6 Å². The molecule has 1 N–H and O–H groups in total. The fourth-order valence-electron chi connectivity index (χ4n) is 4.78. The predicted octanol–water partition coefficient (Wildman–Crippen LogP) is 5.12. The average molecular weight is 493 g/mol. The van der Waals surface area contributed by atoms with Gasteiger partial charge < -0.3 is 19.5 Å². The number of benzene rings is 2. The summed E-state index contributed by atoms with van der Waals surface area (Å²) in [4.78, 5) is 6.20. The number of aliphatic hydroxyl groups excluding tert-OH is 1. The van der Waals surface area contributed by atoms with Gasteiger partial charge in [-0.1, -0.05) is 11.6 Å². The Bertz CT molecular complexity index is 1200. The normalized spacial score (nSPS) is 18.6. The summed E-state index contributed by atoms with van der Waals surface area (Å²) in [7, 11) is 0. The highest BCUT2D eigenvalue weighted by Gasteiger charge is 2.42. The number of rotatable bonds is 5. The van der Waals surface area contributed by atoms with E-state index in [0.29, 0.717) is 22.7 Å². The summed E-state index contributed by atoms with van der Waals surface area (Å²) < 4.78 is 50.9. The number of hydrogen-bond acceptors (Lipinski definition) is 5. The Hall–Kier alpha value is -2.55. The van der Waals surface area contributed by atoms with Crippen LogP contribution in [0.4, 0.5) is 13.2 Å². The molecule has 1 unspecified atom stereocenters. The minimum absolute atomic E-state index is 0.0300. The number of hydrogen-bond donors (Lipinski definition) is 1. The molecule has 3 heterocycles. The number of nitrogens with zero attached hydrogens (tertiary/aromatic N) is 2. The Kier molecular flexibility index (Phi) is 6.08. The Labute approximate surface area is 200 Å². The Morgan fingerprint density at radius 3 is 2.71 bits per heavy atom. The van der Waals surface area contributed by atoms with Crippen LogP contribution < -0.4 is 9.47 Å². The number of likely N-dealkylation sites (tertiary alicyclic amines) is 1. The van der Waals surface area contributed by atoms with Gasteiger partial charge >= 0.3 is 6.18 Å². The molecule has 0 saturated carbocycles. The largest absolute Gasteiger partial charge is 0.490 e. The molecule has 180 valence electrons. The number of halogens is 4. The third-order valence-electron chi connectivity index (χ3n) is 6.56. The second-order valence-corrected chi connectivity index (χ2v) is 9.45. The number of fused-ring (bicyclic) bond motifs is 2. The lowest BCUT2D eigenvalue weighted by molar-refractivity contribution is -0.137. The number of aromatic nitrogens is 1. The molecule has 5 nitrogen and oxygen atoms in total. The molecule has 1 spiro atoms. The molecule has 2 aliphatic rings. The molecule has 0 aliphatic carbocycles. The molecule has 34 heavy (non-hydrogen) atoms. The summed E-state index contributed by atoms with van der Waals surface area (Å²) in [5.41, 5.74) is 0.365. The number of pyridine rings is 1. The lowest BCUT2D eigenvalue weighted by Crippen LogP contribution is -2.49. The standard InChI is InChI=1S/C25H24ClF3N2O3/c26-18-2-4-22-16(11-18)13-24(34-22)6-9-31(10-7-24)14-19(32)15-33-23-5-8-30-21-12-17(25(27,28)29)1-3-20(21)23/h1-5,8,11-12,19,32H,6-7,9-10,13-15H2. The van der Waals surface area contributed by atoms with Gasteiger partial charge in [0.1, 0.15) is 29.8 Å². The molecule has 0 radical (unpaired) electrons. The van der Waals surface area contributed by atoms with E-state index in [9.17, 15) is 18.3 Å². The summed E-state index contributed by atoms with van der Waals surface area (Å²) in [6.07, 6.45) is -1.23. The van der Waals surface area contributed by atoms with Crippen LogP contribution in [0.2, 0.25) is 5.02 Å². The van der Waals surface area contributed by atoms with Gasteiger partial charge in [-0.3, -0.25) is 4.98 Å². The van der Waals surface area contributed by atoms with Crippen molar-refractivity contribution in [2.24, 2.45) is 0 Å². The zero-order valence-corrected chi connectivity index (χ0v) is 19.1. The molecule has 3 aromatic rings. The third kappa shape index (κ3) is 4.80. The molecule has 0 bridgehead atoms. The van der Waals surface area contributed by atoms with Crippen LogP contribution in [0.3, 0.4) is 0 Å². The minimum atomic E-state index is -4.44. The van der Waals surface area contributed by atoms with Crippen LogP contribution in [0.1, 0.15) is 24.0 Å². The summed E-state index contributed by atoms with van der Waals surface area (Å²) in [6, 6.07) is 10.7. The van der Waals surface area contributed by atoms with Gasteiger partial charge in [0.2, 0.25) is 0 Å². The minimum Gasteiger partial charge on any atom is -0.490 e. The van der Waals surface area contributed by atoms with E-state index in [0.717, 1.165) is 55.8 Å². The van der Waals surface area contributed by atoms with Gasteiger partial charge in [0, 0.05) is 55.5 Å². The number of ether oxygens (including phenoxy) is 2. The van der Waals surface area contributed by atoms with Gasteiger partial charge in [0.05, 0.1) is 11.1 Å². The van der Waals surface area contributed by atoms with Crippen molar-refractivity contribution in [2.75, 3.05) is 26.2 Å². The summed E-state index contributed by atoms with van der Waals surface area (Å²) in [5, 5.41) is 11.7. The van der Waals surface area contributed by atoms with Crippen molar-refractivity contribution in [1.29, 1.82) is 0 Å². The molecule has 2 aromatic carbocycles. The van der Waals surface area contributed by atoms with Crippen LogP contribution in [0, 0.1) is 0 Å². The molecule has 1 fully saturated rings. The average Bonchev–Trinajstić information content (AvgIpc) is 3.15. The molecule has 2 aliphatic heterocycles. The molecular weight excluding hydrogens is 469 g/mol. The fourth-order valence-corrected chi connectivity index (χ4v) is 4.98. The topological polar surface area (TPSA) is 54.8 Å². The smallest absolute Gasteiger partial charge is 0.416 e. The third-order valence-corrected chi connectivity index (χ3v) is 6.79. The molecule has 0 amide bonds. The van der Waals surface area contributed by atoms with Gasteiger partial charge in [-0.05, 0) is 48.0 Å². The van der Waals surface area contributed by atoms with E-state index in [1.807, 2.05) is 18.2 Å². The number of aliphatic hydroxyl groups is 1. The van der Waals surface area contributed by atoms with Crippen molar-refractivity contribution in [3.05, 3.63) is 64.8 Å². The molecule has 5 rings (SSSR count). The van der Waals surface area contributed by atoms with Crippen LogP contribution in [0.25, 0.3) is 10.9 Å². The predicted molar refractivity (Wildman–Crippen MR) is 122 cm³/mol. The zero-order chi connectivity index (χ0) is 23.9. The molecule has 1 saturated heterocycles. The van der Waals surface area contributed by atoms with Crippen LogP contribution >= 0.6 is 11.6 Å². The van der Waals surface area contributed by atoms with Crippen molar-refractivity contribution in [1.82, 2.24) is 9.88 Å². The van der Waals surface area contributed by atoms with Crippen LogP contribution in [-0.4, -0.2) is 52.9 Å². The zero-order valence-electron chi connectivity index (χ0n) is 18.3. The van der Waals surface area contributed by atoms with Gasteiger partial charge in [0.25, 0.3) is 0 Å². The maximum absolute atomic E-state index is 13.0. The maximum Gasteiger partial charge on any atom is 0.416 e. The first kappa shape index (κ1) is 23.2. The summed E-state index contributed by atoms with van der Waals surface area (Å²) >= 11 is 6.11.